The topological polar surface area (TPSA) is 71.5 Å². The smallest absolute Gasteiger partial charge is 0.337 e. The second kappa shape index (κ2) is 10.4. The highest BCUT2D eigenvalue weighted by molar-refractivity contribution is 7.92. The van der Waals surface area contributed by atoms with Gasteiger partial charge in [-0.25, -0.2) is 12.8 Å². The molecule has 2 bridgehead atoms. The fraction of sp³-hybridized carbons (Fsp3) is 0.562. The predicted octanol–water partition coefficient (Wildman–Crippen LogP) is 7.78. The highest BCUT2D eigenvalue weighted by Gasteiger charge is 2.74. The molecule has 5 nitrogen and oxygen atoms in total. The van der Waals surface area contributed by atoms with Crippen LogP contribution in [-0.2, 0) is 36.3 Å². The fourth-order valence-electron chi connectivity index (χ4n) is 8.66. The number of amides is 1. The van der Waals surface area contributed by atoms with Gasteiger partial charge in [-0.05, 0) is 94.0 Å². The normalized spacial score (nSPS) is 29.8. The van der Waals surface area contributed by atoms with Crippen molar-refractivity contribution in [2.45, 2.75) is 98.4 Å². The maximum Gasteiger partial charge on any atom is 0.435 e. The van der Waals surface area contributed by atoms with Crippen LogP contribution in [0.3, 0.4) is 0 Å². The van der Waals surface area contributed by atoms with Crippen LogP contribution in [0.2, 0.25) is 5.02 Å². The van der Waals surface area contributed by atoms with Crippen LogP contribution in [0.5, 0.6) is 0 Å². The summed E-state index contributed by atoms with van der Waals surface area (Å²) in [6.07, 6.45) is -10.2. The summed E-state index contributed by atoms with van der Waals surface area (Å²) in [6.45, 7) is 1.53. The van der Waals surface area contributed by atoms with E-state index in [9.17, 15) is 44.3 Å². The third-order valence-electron chi connectivity index (χ3n) is 11.4. The molecule has 1 aliphatic heterocycles. The minimum absolute atomic E-state index is 0.0256. The number of alkyl halides is 7. The number of Topliss-reactive ketones (excluding diaryl/α,β-unsaturated/α-hetero) is 1. The highest BCUT2D eigenvalue weighted by atomic mass is 35.5. The van der Waals surface area contributed by atoms with Crippen molar-refractivity contribution >= 4 is 33.1 Å². The van der Waals surface area contributed by atoms with Crippen LogP contribution in [0.4, 0.5) is 30.7 Å². The third kappa shape index (κ3) is 4.42. The number of hydrogen-bond donors (Lipinski definition) is 0. The minimum atomic E-state index is -6.34. The number of carbonyl (C=O) groups is 2. The highest BCUT2D eigenvalue weighted by Crippen LogP contribution is 2.61. The molecule has 0 spiro atoms. The molecular weight excluding hydrogens is 663 g/mol. The van der Waals surface area contributed by atoms with Gasteiger partial charge in [0.1, 0.15) is 10.5 Å². The zero-order valence-corrected chi connectivity index (χ0v) is 26.3. The lowest BCUT2D eigenvalue weighted by atomic mass is 9.52. The molecule has 4 fully saturated rings. The Balaban J connectivity index is 1.48. The van der Waals surface area contributed by atoms with E-state index in [1.807, 2.05) is 0 Å². The summed E-state index contributed by atoms with van der Waals surface area (Å²) < 4.78 is 124. The molecule has 0 radical (unpaired) electrons. The number of aryl methyl sites for hydroxylation is 1. The van der Waals surface area contributed by atoms with Crippen molar-refractivity contribution in [3.8, 4) is 0 Å². The molecule has 46 heavy (non-hydrogen) atoms. The van der Waals surface area contributed by atoms with Crippen LogP contribution >= 0.6 is 11.6 Å². The van der Waals surface area contributed by atoms with E-state index in [1.165, 1.54) is 29.2 Å². The van der Waals surface area contributed by atoms with Crippen LogP contribution in [-0.4, -0.2) is 49.9 Å². The Bertz CT molecular complexity index is 1680. The van der Waals surface area contributed by atoms with Gasteiger partial charge >= 0.3 is 18.0 Å². The number of rotatable bonds is 5. The van der Waals surface area contributed by atoms with Gasteiger partial charge in [0.25, 0.3) is 0 Å². The second-order valence-electron chi connectivity index (χ2n) is 13.3. The van der Waals surface area contributed by atoms with Gasteiger partial charge < -0.3 is 4.90 Å². The van der Waals surface area contributed by atoms with Crippen molar-refractivity contribution in [3.63, 3.8) is 0 Å². The summed E-state index contributed by atoms with van der Waals surface area (Å²) in [5, 5.41) is 0.0844. The Kier molecular flexibility index (Phi) is 7.52. The summed E-state index contributed by atoms with van der Waals surface area (Å²) in [4.78, 5) is 28.1. The maximum atomic E-state index is 15.1. The lowest BCUT2D eigenvalue weighted by molar-refractivity contribution is -0.348. The molecule has 2 unspecified atom stereocenters. The first-order valence-electron chi connectivity index (χ1n) is 15.0. The summed E-state index contributed by atoms with van der Waals surface area (Å²) in [5.41, 5.74) is -8.86. The van der Waals surface area contributed by atoms with Gasteiger partial charge in [0, 0.05) is 28.0 Å². The number of sulfone groups is 1. The van der Waals surface area contributed by atoms with E-state index in [-0.39, 0.29) is 58.5 Å². The number of carbonyl (C=O) groups excluding carboxylic acids is 2. The van der Waals surface area contributed by atoms with Gasteiger partial charge in [0.15, 0.2) is 9.84 Å². The van der Waals surface area contributed by atoms with E-state index in [0.29, 0.717) is 50.7 Å². The van der Waals surface area contributed by atoms with Crippen LogP contribution in [0.1, 0.15) is 75.0 Å². The van der Waals surface area contributed by atoms with Gasteiger partial charge in [-0.1, -0.05) is 35.9 Å². The Morgan fingerprint density at radius 3 is 1.98 bits per heavy atom. The van der Waals surface area contributed by atoms with Crippen LogP contribution in [0, 0.1) is 10.8 Å². The van der Waals surface area contributed by atoms with E-state index in [2.05, 4.69) is 0 Å². The Morgan fingerprint density at radius 2 is 1.43 bits per heavy atom. The number of likely N-dealkylation sites (tertiary alicyclic amines) is 1. The first-order valence-corrected chi connectivity index (χ1v) is 16.9. The molecule has 0 aromatic heterocycles. The number of fused-ring (bicyclic) bond motifs is 6. The molecule has 250 valence electrons. The summed E-state index contributed by atoms with van der Waals surface area (Å²) in [5.74, 6) is -0.174. The molecular formula is C32H31ClF7NO4S. The Labute approximate surface area is 266 Å². The van der Waals surface area contributed by atoms with Gasteiger partial charge in [-0.3, -0.25) is 9.59 Å². The number of hydrogen-bond acceptors (Lipinski definition) is 4. The largest absolute Gasteiger partial charge is 0.435 e. The number of halogens is 8. The number of nitrogens with zero attached hydrogens (tertiary/aromatic N) is 1. The van der Waals surface area contributed by atoms with Crippen molar-refractivity contribution in [2.24, 2.45) is 10.8 Å². The van der Waals surface area contributed by atoms with Gasteiger partial charge in [-0.2, -0.15) is 26.3 Å². The Hall–Kier alpha value is -2.67. The SMILES string of the molecule is CC(=O)C12CCC(C(=O)N3CCC4(S(=O)(=O)c5cccc(Cl)c5)c5ccc(C(F)(C(F)(F)F)C(F)(F)F)cc5CCC34)(CC1)CC2. The third-order valence-corrected chi connectivity index (χ3v) is 14.1. The molecule has 14 heteroatoms. The first kappa shape index (κ1) is 33.2. The van der Waals surface area contributed by atoms with Crippen molar-refractivity contribution in [1.82, 2.24) is 4.90 Å². The average Bonchev–Trinajstić information content (AvgIpc) is 3.41. The van der Waals surface area contributed by atoms with E-state index in [1.54, 1.807) is 6.92 Å². The monoisotopic (exact) mass is 693 g/mol. The lowest BCUT2D eigenvalue weighted by Crippen LogP contribution is -2.57. The zero-order valence-electron chi connectivity index (χ0n) is 24.7. The summed E-state index contributed by atoms with van der Waals surface area (Å²) >= 11 is 6.14. The number of benzene rings is 2. The fourth-order valence-corrected chi connectivity index (χ4v) is 11.3. The maximum absolute atomic E-state index is 15.1. The lowest BCUT2D eigenvalue weighted by Gasteiger charge is -2.53. The zero-order chi connectivity index (χ0) is 33.7. The van der Waals surface area contributed by atoms with Gasteiger partial charge in [0.2, 0.25) is 5.91 Å². The van der Waals surface area contributed by atoms with Crippen molar-refractivity contribution in [3.05, 3.63) is 64.2 Å². The molecule has 2 atom stereocenters. The first-order chi connectivity index (χ1) is 21.3. The van der Waals surface area contributed by atoms with Crippen molar-refractivity contribution < 1.29 is 48.7 Å². The van der Waals surface area contributed by atoms with E-state index in [4.69, 9.17) is 11.6 Å². The standard InChI is InChI=1S/C32H31ClF7NO4S/c1-19(42)27-9-12-28(13-10-27,14-11-27)26(43)41-16-15-29(46(44,45)23-4-2-3-22(33)18-23)24-7-6-21(17-20(24)5-8-25(29)41)30(34,31(35,36)37)32(38,39)40/h2-4,6-7,17-18,25H,5,8-16H2,1H3. The quantitative estimate of drug-likeness (QED) is 0.300. The minimum Gasteiger partial charge on any atom is -0.337 e. The molecule has 4 aliphatic carbocycles. The molecule has 1 saturated heterocycles. The van der Waals surface area contributed by atoms with E-state index >= 15 is 4.39 Å². The molecule has 3 saturated carbocycles. The van der Waals surface area contributed by atoms with Gasteiger partial charge in [0.05, 0.1) is 10.9 Å². The Morgan fingerprint density at radius 1 is 0.848 bits per heavy atom. The summed E-state index contributed by atoms with van der Waals surface area (Å²) in [7, 11) is -4.50. The molecule has 7 rings (SSSR count). The average molecular weight is 694 g/mol. The number of ketones is 1. The molecule has 2 aromatic carbocycles. The molecule has 1 amide bonds. The van der Waals surface area contributed by atoms with Gasteiger partial charge in [-0.15, -0.1) is 0 Å². The predicted molar refractivity (Wildman–Crippen MR) is 153 cm³/mol. The van der Waals surface area contributed by atoms with Crippen LogP contribution in [0.15, 0.2) is 47.4 Å². The molecule has 0 N–H and O–H groups in total. The van der Waals surface area contributed by atoms with Crippen molar-refractivity contribution in [1.29, 1.82) is 0 Å². The van der Waals surface area contributed by atoms with E-state index in [0.717, 1.165) is 6.07 Å². The van der Waals surface area contributed by atoms with E-state index < -0.39 is 55.0 Å². The second-order valence-corrected chi connectivity index (χ2v) is 15.9. The molecule has 5 aliphatic rings. The van der Waals surface area contributed by atoms with Crippen molar-refractivity contribution in [2.75, 3.05) is 6.54 Å². The summed E-state index contributed by atoms with van der Waals surface area (Å²) in [6, 6.07) is 6.01. The molecule has 2 aromatic rings. The van der Waals surface area contributed by atoms with Crippen LogP contribution < -0.4 is 0 Å². The van der Waals surface area contributed by atoms with Crippen LogP contribution in [0.25, 0.3) is 0 Å². The molecule has 1 heterocycles.